The summed E-state index contributed by atoms with van der Waals surface area (Å²) < 4.78 is 4.87. The van der Waals surface area contributed by atoms with Crippen molar-refractivity contribution < 1.29 is 8.17 Å². The van der Waals surface area contributed by atoms with E-state index in [1.54, 1.807) is 23.0 Å². The molecule has 2 aromatic carbocycles. The lowest BCUT2D eigenvalue weighted by atomic mass is 10.0. The highest BCUT2D eigenvalue weighted by Crippen LogP contribution is 2.25. The second-order valence-corrected chi connectivity index (χ2v) is 3.52. The third-order valence-electron chi connectivity index (χ3n) is 2.17. The van der Waals surface area contributed by atoms with Gasteiger partial charge in [-0.15, -0.1) is 0 Å². The van der Waals surface area contributed by atoms with Crippen LogP contribution < -0.4 is 0 Å². The molecular weight excluding hydrogens is 291 g/mol. The van der Waals surface area contributed by atoms with Gasteiger partial charge >= 0.3 is 0 Å². The first-order valence-electron chi connectivity index (χ1n) is 4.26. The molecule has 0 aromatic heterocycles. The predicted octanol–water partition coefficient (Wildman–Crippen LogP) is 3.20. The SMILES string of the molecule is OC(OI)c1cccc2ccccc12. The number of aliphatic hydroxyl groups excluding tert-OH is 1. The molecule has 0 aliphatic rings. The molecule has 0 fully saturated rings. The summed E-state index contributed by atoms with van der Waals surface area (Å²) in [6, 6.07) is 13.7. The second-order valence-electron chi connectivity index (χ2n) is 3.01. The van der Waals surface area contributed by atoms with Crippen molar-refractivity contribution in [1.29, 1.82) is 0 Å². The number of hydrogen-bond donors (Lipinski definition) is 1. The van der Waals surface area contributed by atoms with Crippen LogP contribution in [0.15, 0.2) is 42.5 Å². The molecule has 14 heavy (non-hydrogen) atoms. The Labute approximate surface area is 96.2 Å². The summed E-state index contributed by atoms with van der Waals surface area (Å²) in [5, 5.41) is 11.7. The number of fused-ring (bicyclic) bond motifs is 1. The van der Waals surface area contributed by atoms with Gasteiger partial charge in [0.15, 0.2) is 6.29 Å². The van der Waals surface area contributed by atoms with E-state index in [2.05, 4.69) is 0 Å². The van der Waals surface area contributed by atoms with Crippen molar-refractivity contribution in [2.24, 2.45) is 0 Å². The molecule has 2 nitrogen and oxygen atoms in total. The molecule has 3 heteroatoms. The normalized spacial score (nSPS) is 13.0. The van der Waals surface area contributed by atoms with Crippen molar-refractivity contribution in [3.63, 3.8) is 0 Å². The van der Waals surface area contributed by atoms with Crippen molar-refractivity contribution in [2.45, 2.75) is 6.29 Å². The fourth-order valence-corrected chi connectivity index (χ4v) is 1.79. The van der Waals surface area contributed by atoms with Gasteiger partial charge in [0.2, 0.25) is 0 Å². The van der Waals surface area contributed by atoms with Crippen LogP contribution in [-0.4, -0.2) is 5.11 Å². The average molecular weight is 300 g/mol. The van der Waals surface area contributed by atoms with E-state index in [0.717, 1.165) is 16.3 Å². The summed E-state index contributed by atoms with van der Waals surface area (Å²) in [6.45, 7) is 0. The van der Waals surface area contributed by atoms with Crippen molar-refractivity contribution in [1.82, 2.24) is 0 Å². The van der Waals surface area contributed by atoms with Crippen molar-refractivity contribution in [2.75, 3.05) is 0 Å². The molecule has 0 radical (unpaired) electrons. The molecule has 0 aliphatic carbocycles. The molecule has 1 atom stereocenters. The number of hydrogen-bond acceptors (Lipinski definition) is 2. The molecule has 1 N–H and O–H groups in total. The Morgan fingerprint density at radius 2 is 1.79 bits per heavy atom. The summed E-state index contributed by atoms with van der Waals surface area (Å²) in [4.78, 5) is 0. The zero-order valence-corrected chi connectivity index (χ0v) is 9.51. The minimum absolute atomic E-state index is 0.803. The third-order valence-corrected chi connectivity index (χ3v) is 2.66. The number of halogens is 1. The lowest BCUT2D eigenvalue weighted by Gasteiger charge is -2.10. The zero-order valence-electron chi connectivity index (χ0n) is 7.35. The van der Waals surface area contributed by atoms with Crippen LogP contribution >= 0.6 is 23.0 Å². The van der Waals surface area contributed by atoms with Crippen LogP contribution in [0.3, 0.4) is 0 Å². The van der Waals surface area contributed by atoms with Crippen LogP contribution in [0.4, 0.5) is 0 Å². The van der Waals surface area contributed by atoms with Crippen LogP contribution in [-0.2, 0) is 3.07 Å². The third kappa shape index (κ3) is 1.75. The fraction of sp³-hybridized carbons (Fsp3) is 0.0909. The minimum Gasteiger partial charge on any atom is -0.364 e. The van der Waals surface area contributed by atoms with Gasteiger partial charge in [-0.05, 0) is 10.8 Å². The van der Waals surface area contributed by atoms with Gasteiger partial charge in [-0.1, -0.05) is 42.5 Å². The summed E-state index contributed by atoms with van der Waals surface area (Å²) >= 11 is 1.70. The molecular formula is C11H9IO2. The topological polar surface area (TPSA) is 29.5 Å². The maximum Gasteiger partial charge on any atom is 0.193 e. The number of rotatable bonds is 2. The average Bonchev–Trinajstić information content (AvgIpc) is 2.27. The quantitative estimate of drug-likeness (QED) is 0.682. The van der Waals surface area contributed by atoms with Gasteiger partial charge < -0.3 is 5.11 Å². The van der Waals surface area contributed by atoms with Crippen LogP contribution in [0.25, 0.3) is 10.8 Å². The Morgan fingerprint density at radius 1 is 1.07 bits per heavy atom. The Morgan fingerprint density at radius 3 is 2.57 bits per heavy atom. The smallest absolute Gasteiger partial charge is 0.193 e. The first kappa shape index (κ1) is 9.89. The highest BCUT2D eigenvalue weighted by atomic mass is 127. The Balaban J connectivity index is 2.65. The first-order chi connectivity index (χ1) is 6.83. The van der Waals surface area contributed by atoms with Crippen molar-refractivity contribution in [3.05, 3.63) is 48.0 Å². The van der Waals surface area contributed by atoms with Gasteiger partial charge in [0, 0.05) is 5.56 Å². The summed E-state index contributed by atoms with van der Waals surface area (Å²) in [5.41, 5.74) is 0.803. The molecule has 0 bridgehead atoms. The first-order valence-corrected chi connectivity index (χ1v) is 5.14. The van der Waals surface area contributed by atoms with Gasteiger partial charge in [-0.2, -0.15) is 0 Å². The van der Waals surface area contributed by atoms with E-state index in [-0.39, 0.29) is 0 Å². The Kier molecular flexibility index (Phi) is 3.00. The van der Waals surface area contributed by atoms with Crippen molar-refractivity contribution >= 4 is 33.8 Å². The lowest BCUT2D eigenvalue weighted by molar-refractivity contribution is 0.0181. The highest BCUT2D eigenvalue weighted by Gasteiger charge is 2.09. The van der Waals surface area contributed by atoms with E-state index in [1.165, 1.54) is 0 Å². The predicted molar refractivity (Wildman–Crippen MR) is 64.0 cm³/mol. The maximum atomic E-state index is 9.60. The number of aliphatic hydroxyl groups is 1. The summed E-state index contributed by atoms with van der Waals surface area (Å²) in [7, 11) is 0. The minimum atomic E-state index is -0.860. The van der Waals surface area contributed by atoms with E-state index in [4.69, 9.17) is 3.07 Å². The lowest BCUT2D eigenvalue weighted by Crippen LogP contribution is -1.96. The Bertz CT molecular complexity index is 437. The standard InChI is InChI=1S/C11H9IO2/c12-14-11(13)10-7-3-5-8-4-1-2-6-9(8)10/h1-7,11,13H. The van der Waals surface area contributed by atoms with Gasteiger partial charge in [0.1, 0.15) is 23.0 Å². The fourth-order valence-electron chi connectivity index (χ4n) is 1.51. The molecule has 0 saturated heterocycles. The van der Waals surface area contributed by atoms with Gasteiger partial charge in [0.05, 0.1) is 0 Å². The largest absolute Gasteiger partial charge is 0.364 e. The molecule has 2 aromatic rings. The van der Waals surface area contributed by atoms with E-state index in [9.17, 15) is 5.11 Å². The van der Waals surface area contributed by atoms with Crippen molar-refractivity contribution in [3.8, 4) is 0 Å². The molecule has 0 aliphatic heterocycles. The van der Waals surface area contributed by atoms with Crippen LogP contribution in [0.2, 0.25) is 0 Å². The Hall–Kier alpha value is -0.650. The monoisotopic (exact) mass is 300 g/mol. The molecule has 0 heterocycles. The summed E-state index contributed by atoms with van der Waals surface area (Å²) in [5.74, 6) is 0. The van der Waals surface area contributed by atoms with Gasteiger partial charge in [0.25, 0.3) is 0 Å². The van der Waals surface area contributed by atoms with E-state index in [0.29, 0.717) is 0 Å². The van der Waals surface area contributed by atoms with E-state index < -0.39 is 6.29 Å². The van der Waals surface area contributed by atoms with E-state index >= 15 is 0 Å². The maximum absolute atomic E-state index is 9.60. The molecule has 1 unspecified atom stereocenters. The molecule has 0 amide bonds. The van der Waals surface area contributed by atoms with E-state index in [1.807, 2.05) is 42.5 Å². The summed E-state index contributed by atoms with van der Waals surface area (Å²) in [6.07, 6.45) is -0.860. The van der Waals surface area contributed by atoms with Crippen LogP contribution in [0.1, 0.15) is 11.9 Å². The second kappa shape index (κ2) is 4.25. The zero-order chi connectivity index (χ0) is 9.97. The van der Waals surface area contributed by atoms with Crippen LogP contribution in [0.5, 0.6) is 0 Å². The number of benzene rings is 2. The molecule has 0 saturated carbocycles. The van der Waals surface area contributed by atoms with Crippen LogP contribution in [0, 0.1) is 0 Å². The molecule has 2 rings (SSSR count). The molecule has 72 valence electrons. The highest BCUT2D eigenvalue weighted by molar-refractivity contribution is 14.1. The van der Waals surface area contributed by atoms with Gasteiger partial charge in [-0.3, -0.25) is 3.07 Å². The molecule has 0 spiro atoms. The van der Waals surface area contributed by atoms with Gasteiger partial charge in [-0.25, -0.2) is 0 Å².